The van der Waals surface area contributed by atoms with E-state index >= 15 is 0 Å². The van der Waals surface area contributed by atoms with Crippen molar-refractivity contribution >= 4 is 17.3 Å². The number of ether oxygens (including phenoxy) is 1. The van der Waals surface area contributed by atoms with E-state index in [1.54, 1.807) is 18.4 Å². The Labute approximate surface area is 143 Å². The van der Waals surface area contributed by atoms with Crippen molar-refractivity contribution in [2.24, 2.45) is 10.9 Å². The van der Waals surface area contributed by atoms with E-state index in [4.69, 9.17) is 4.74 Å². The van der Waals surface area contributed by atoms with Gasteiger partial charge in [0.15, 0.2) is 5.96 Å². The smallest absolute Gasteiger partial charge is 0.191 e. The zero-order valence-corrected chi connectivity index (χ0v) is 15.3. The lowest BCUT2D eigenvalue weighted by atomic mass is 10.1. The number of hydrogen-bond acceptors (Lipinski definition) is 5. The van der Waals surface area contributed by atoms with E-state index in [9.17, 15) is 0 Å². The number of rotatable bonds is 7. The van der Waals surface area contributed by atoms with Crippen LogP contribution in [-0.2, 0) is 17.7 Å². The zero-order valence-electron chi connectivity index (χ0n) is 14.5. The number of aryl methyl sites for hydroxylation is 1. The lowest BCUT2D eigenvalue weighted by Gasteiger charge is -2.29. The average Bonchev–Trinajstić information content (AvgIpc) is 3.04. The molecule has 0 aromatic carbocycles. The summed E-state index contributed by atoms with van der Waals surface area (Å²) in [6, 6.07) is 0. The number of aliphatic imine (C=N–C) groups is 1. The molecule has 1 aliphatic rings. The fraction of sp³-hybridized carbons (Fsp3) is 0.750. The monoisotopic (exact) mass is 339 g/mol. The molecule has 7 heteroatoms. The van der Waals surface area contributed by atoms with Crippen molar-refractivity contribution in [2.45, 2.75) is 26.8 Å². The van der Waals surface area contributed by atoms with Gasteiger partial charge in [0.25, 0.3) is 0 Å². The highest BCUT2D eigenvalue weighted by Gasteiger charge is 2.14. The average molecular weight is 340 g/mol. The molecule has 6 nitrogen and oxygen atoms in total. The first-order chi connectivity index (χ1) is 11.2. The van der Waals surface area contributed by atoms with E-state index in [0.717, 1.165) is 63.3 Å². The summed E-state index contributed by atoms with van der Waals surface area (Å²) >= 11 is 1.76. The van der Waals surface area contributed by atoms with Crippen LogP contribution >= 0.6 is 11.3 Å². The maximum atomic E-state index is 5.39. The molecule has 0 saturated carbocycles. The number of thiazole rings is 1. The van der Waals surface area contributed by atoms with Crippen LogP contribution in [-0.4, -0.2) is 62.3 Å². The van der Waals surface area contributed by atoms with Crippen molar-refractivity contribution in [1.29, 1.82) is 0 Å². The highest BCUT2D eigenvalue weighted by Crippen LogP contribution is 2.12. The van der Waals surface area contributed by atoms with Crippen LogP contribution in [0.3, 0.4) is 0 Å². The molecular formula is C16H29N5OS. The Kier molecular flexibility index (Phi) is 7.78. The van der Waals surface area contributed by atoms with Gasteiger partial charge in [0, 0.05) is 44.3 Å². The third-order valence-corrected chi connectivity index (χ3v) is 5.01. The minimum atomic E-state index is 0.568. The first-order valence-electron chi connectivity index (χ1n) is 8.39. The van der Waals surface area contributed by atoms with Gasteiger partial charge < -0.3 is 15.4 Å². The summed E-state index contributed by atoms with van der Waals surface area (Å²) < 4.78 is 5.39. The Bertz CT molecular complexity index is 485. The van der Waals surface area contributed by atoms with Gasteiger partial charge in [-0.05, 0) is 12.3 Å². The predicted molar refractivity (Wildman–Crippen MR) is 96.1 cm³/mol. The Hall–Kier alpha value is -1.18. The van der Waals surface area contributed by atoms with Gasteiger partial charge in [-0.25, -0.2) is 4.98 Å². The molecule has 0 aliphatic carbocycles. The van der Waals surface area contributed by atoms with E-state index < -0.39 is 0 Å². The fourth-order valence-corrected chi connectivity index (χ4v) is 3.34. The van der Waals surface area contributed by atoms with Gasteiger partial charge in [0.05, 0.1) is 19.8 Å². The van der Waals surface area contributed by atoms with Crippen LogP contribution in [0.5, 0.6) is 0 Å². The summed E-state index contributed by atoms with van der Waals surface area (Å²) in [5.74, 6) is 1.41. The molecule has 0 bridgehead atoms. The molecule has 1 aromatic rings. The van der Waals surface area contributed by atoms with E-state index in [1.165, 1.54) is 4.88 Å². The quantitative estimate of drug-likeness (QED) is 0.580. The maximum Gasteiger partial charge on any atom is 0.191 e. The molecular weight excluding hydrogens is 310 g/mol. The second-order valence-electron chi connectivity index (χ2n) is 5.90. The van der Waals surface area contributed by atoms with Gasteiger partial charge in [-0.1, -0.05) is 13.8 Å². The van der Waals surface area contributed by atoms with Crippen molar-refractivity contribution in [1.82, 2.24) is 20.5 Å². The molecule has 130 valence electrons. The molecule has 23 heavy (non-hydrogen) atoms. The number of aromatic nitrogens is 1. The lowest BCUT2D eigenvalue weighted by molar-refractivity contribution is 0.0320. The summed E-state index contributed by atoms with van der Waals surface area (Å²) in [4.78, 5) is 12.5. The first-order valence-corrected chi connectivity index (χ1v) is 9.21. The molecule has 0 spiro atoms. The second kappa shape index (κ2) is 9.85. The number of hydrogen-bond donors (Lipinski definition) is 2. The summed E-state index contributed by atoms with van der Waals surface area (Å²) in [6.07, 6.45) is 3.01. The van der Waals surface area contributed by atoms with Crippen LogP contribution in [0.2, 0.25) is 0 Å². The molecule has 1 saturated heterocycles. The Morgan fingerprint density at radius 3 is 2.87 bits per heavy atom. The summed E-state index contributed by atoms with van der Waals surface area (Å²) in [7, 11) is 1.81. The predicted octanol–water partition coefficient (Wildman–Crippen LogP) is 1.34. The molecule has 2 N–H and O–H groups in total. The van der Waals surface area contributed by atoms with Crippen molar-refractivity contribution in [2.75, 3.05) is 46.4 Å². The minimum Gasteiger partial charge on any atom is -0.379 e. The third-order valence-electron chi connectivity index (χ3n) is 3.87. The minimum absolute atomic E-state index is 0.568. The number of morpholine rings is 1. The topological polar surface area (TPSA) is 61.8 Å². The molecule has 1 aliphatic heterocycles. The van der Waals surface area contributed by atoms with Gasteiger partial charge in [-0.2, -0.15) is 0 Å². The van der Waals surface area contributed by atoms with Gasteiger partial charge in [-0.15, -0.1) is 11.3 Å². The Balaban J connectivity index is 1.67. The van der Waals surface area contributed by atoms with Gasteiger partial charge in [-0.3, -0.25) is 9.89 Å². The summed E-state index contributed by atoms with van der Waals surface area (Å²) in [5.41, 5.74) is 0. The van der Waals surface area contributed by atoms with Crippen LogP contribution in [0.25, 0.3) is 0 Å². The molecule has 1 atom stereocenters. The van der Waals surface area contributed by atoms with Crippen LogP contribution in [0.1, 0.15) is 23.7 Å². The van der Waals surface area contributed by atoms with Gasteiger partial charge in [0.1, 0.15) is 5.01 Å². The number of nitrogens with zero attached hydrogens (tertiary/aromatic N) is 3. The second-order valence-corrected chi connectivity index (χ2v) is 7.10. The highest BCUT2D eigenvalue weighted by molar-refractivity contribution is 7.11. The van der Waals surface area contributed by atoms with E-state index in [-0.39, 0.29) is 0 Å². The molecule has 1 fully saturated rings. The maximum absolute atomic E-state index is 5.39. The molecule has 0 radical (unpaired) electrons. The first kappa shape index (κ1) is 18.2. The van der Waals surface area contributed by atoms with Crippen LogP contribution in [0, 0.1) is 5.92 Å². The molecule has 1 aromatic heterocycles. The van der Waals surface area contributed by atoms with Gasteiger partial charge in [0.2, 0.25) is 0 Å². The SMILES string of the molecule is CCc1cnc(CNC(=NC)NCC(C)CN2CCOCC2)s1. The highest BCUT2D eigenvalue weighted by atomic mass is 32.1. The van der Waals surface area contributed by atoms with Crippen molar-refractivity contribution in [3.63, 3.8) is 0 Å². The Morgan fingerprint density at radius 1 is 1.43 bits per heavy atom. The summed E-state index contributed by atoms with van der Waals surface area (Å²) in [5, 5.41) is 7.85. The normalized spacial score (nSPS) is 18.0. The van der Waals surface area contributed by atoms with Crippen LogP contribution in [0.4, 0.5) is 0 Å². The standard InChI is InChI=1S/C16H29N5OS/c1-4-14-10-18-15(23-14)11-20-16(17-3)19-9-13(2)12-21-5-7-22-8-6-21/h10,13H,4-9,11-12H2,1-3H3,(H2,17,19,20). The molecule has 1 unspecified atom stereocenters. The van der Waals surface area contributed by atoms with E-state index in [2.05, 4.69) is 39.4 Å². The third kappa shape index (κ3) is 6.45. The Morgan fingerprint density at radius 2 is 2.22 bits per heavy atom. The summed E-state index contributed by atoms with van der Waals surface area (Å²) in [6.45, 7) is 11.0. The molecule has 0 amide bonds. The fourth-order valence-electron chi connectivity index (χ4n) is 2.53. The number of nitrogens with one attached hydrogen (secondary N) is 2. The van der Waals surface area contributed by atoms with E-state index in [1.807, 2.05) is 6.20 Å². The van der Waals surface area contributed by atoms with Crippen LogP contribution in [0.15, 0.2) is 11.2 Å². The van der Waals surface area contributed by atoms with Gasteiger partial charge >= 0.3 is 0 Å². The molecule has 2 heterocycles. The molecule has 2 rings (SSSR count). The lowest BCUT2D eigenvalue weighted by Crippen LogP contribution is -2.43. The largest absolute Gasteiger partial charge is 0.379 e. The van der Waals surface area contributed by atoms with Crippen molar-refractivity contribution < 1.29 is 4.74 Å². The number of guanidine groups is 1. The van der Waals surface area contributed by atoms with Crippen LogP contribution < -0.4 is 10.6 Å². The van der Waals surface area contributed by atoms with Crippen molar-refractivity contribution in [3.05, 3.63) is 16.1 Å². The van der Waals surface area contributed by atoms with Crippen molar-refractivity contribution in [3.8, 4) is 0 Å². The zero-order chi connectivity index (χ0) is 16.5. The van der Waals surface area contributed by atoms with E-state index in [0.29, 0.717) is 5.92 Å².